The van der Waals surface area contributed by atoms with Crippen LogP contribution >= 0.6 is 11.6 Å². The SMILES string of the molecule is Cc1cc(-c2ccn(Cc3cccc(C(=O)Nc4ncc(-c5ccccc5)n4C)c3)n2)c(Cl)cc1-c1cnc(NC(=O)c2cccc(Cn3cccn3)c2)n1C. The lowest BCUT2D eigenvalue weighted by atomic mass is 10.0. The van der Waals surface area contributed by atoms with Crippen molar-refractivity contribution >= 4 is 35.3 Å². The second kappa shape index (κ2) is 15.4. The van der Waals surface area contributed by atoms with E-state index in [1.165, 1.54) is 0 Å². The monoisotopic (exact) mass is 760 g/mol. The molecule has 8 rings (SSSR count). The number of nitrogens with zero attached hydrogens (tertiary/aromatic N) is 8. The minimum absolute atomic E-state index is 0.251. The molecule has 8 aromatic rings. The van der Waals surface area contributed by atoms with Gasteiger partial charge in [-0.15, -0.1) is 0 Å². The van der Waals surface area contributed by atoms with Gasteiger partial charge in [-0.1, -0.05) is 66.2 Å². The van der Waals surface area contributed by atoms with Crippen LogP contribution in [-0.2, 0) is 27.2 Å². The summed E-state index contributed by atoms with van der Waals surface area (Å²) in [5.74, 6) is 0.365. The van der Waals surface area contributed by atoms with Gasteiger partial charge >= 0.3 is 0 Å². The summed E-state index contributed by atoms with van der Waals surface area (Å²) in [5.41, 5.74) is 8.99. The number of anilines is 2. The zero-order valence-electron chi connectivity index (χ0n) is 30.9. The number of rotatable bonds is 11. The normalized spacial score (nSPS) is 11.1. The first-order valence-electron chi connectivity index (χ1n) is 17.9. The smallest absolute Gasteiger partial charge is 0.257 e. The Labute approximate surface area is 328 Å². The number of carbonyl (C=O) groups excluding carboxylic acids is 2. The lowest BCUT2D eigenvalue weighted by molar-refractivity contribution is 0.101. The van der Waals surface area contributed by atoms with E-state index in [1.54, 1.807) is 30.7 Å². The predicted octanol–water partition coefficient (Wildman–Crippen LogP) is 8.11. The van der Waals surface area contributed by atoms with Crippen LogP contribution in [0.2, 0.25) is 5.02 Å². The van der Waals surface area contributed by atoms with E-state index in [4.69, 9.17) is 16.7 Å². The molecule has 12 nitrogen and oxygen atoms in total. The average molecular weight is 761 g/mol. The van der Waals surface area contributed by atoms with Gasteiger partial charge in [0, 0.05) is 54.9 Å². The number of carbonyl (C=O) groups is 2. The van der Waals surface area contributed by atoms with E-state index < -0.39 is 0 Å². The molecule has 56 heavy (non-hydrogen) atoms. The highest BCUT2D eigenvalue weighted by atomic mass is 35.5. The number of benzene rings is 4. The third-order valence-electron chi connectivity index (χ3n) is 9.63. The Morgan fingerprint density at radius 3 is 1.93 bits per heavy atom. The van der Waals surface area contributed by atoms with Crippen molar-refractivity contribution < 1.29 is 9.59 Å². The molecule has 0 aliphatic heterocycles. The first kappa shape index (κ1) is 36.0. The zero-order chi connectivity index (χ0) is 38.8. The van der Waals surface area contributed by atoms with E-state index in [0.29, 0.717) is 41.1 Å². The molecule has 2 N–H and O–H groups in total. The summed E-state index contributed by atoms with van der Waals surface area (Å²) in [6, 6.07) is 32.5. The number of hydrogen-bond donors (Lipinski definition) is 2. The molecule has 0 saturated heterocycles. The number of aryl methyl sites for hydroxylation is 1. The van der Waals surface area contributed by atoms with Crippen molar-refractivity contribution in [3.05, 3.63) is 167 Å². The molecule has 278 valence electrons. The molecule has 0 bridgehead atoms. The van der Waals surface area contributed by atoms with Gasteiger partial charge in [0.05, 0.1) is 47.6 Å². The number of hydrogen-bond acceptors (Lipinski definition) is 6. The Morgan fingerprint density at radius 2 is 1.29 bits per heavy atom. The number of imidazole rings is 2. The van der Waals surface area contributed by atoms with Gasteiger partial charge in [0.15, 0.2) is 0 Å². The second-order valence-corrected chi connectivity index (χ2v) is 13.9. The first-order chi connectivity index (χ1) is 27.2. The van der Waals surface area contributed by atoms with Gasteiger partial charge in [0.1, 0.15) is 0 Å². The molecule has 0 atom stereocenters. The Hall–Kier alpha value is -7.05. The van der Waals surface area contributed by atoms with Crippen molar-refractivity contribution in [2.45, 2.75) is 20.0 Å². The lowest BCUT2D eigenvalue weighted by Crippen LogP contribution is -2.15. The first-order valence-corrected chi connectivity index (χ1v) is 18.3. The van der Waals surface area contributed by atoms with Crippen molar-refractivity contribution in [1.29, 1.82) is 0 Å². The maximum atomic E-state index is 13.3. The highest BCUT2D eigenvalue weighted by Crippen LogP contribution is 2.35. The minimum atomic E-state index is -0.259. The van der Waals surface area contributed by atoms with Crippen LogP contribution in [-0.4, -0.2) is 50.5 Å². The highest BCUT2D eigenvalue weighted by Gasteiger charge is 2.18. The number of nitrogens with one attached hydrogen (secondary N) is 2. The van der Waals surface area contributed by atoms with Crippen LogP contribution in [0.25, 0.3) is 33.8 Å². The predicted molar refractivity (Wildman–Crippen MR) is 217 cm³/mol. The van der Waals surface area contributed by atoms with E-state index in [2.05, 4.69) is 25.7 Å². The molecule has 4 aromatic carbocycles. The quantitative estimate of drug-likeness (QED) is 0.137. The fraction of sp³-hybridized carbons (Fsp3) is 0.116. The number of amides is 2. The summed E-state index contributed by atoms with van der Waals surface area (Å²) in [5, 5.41) is 15.5. The molecule has 0 fully saturated rings. The van der Waals surface area contributed by atoms with Crippen LogP contribution in [0.4, 0.5) is 11.9 Å². The van der Waals surface area contributed by atoms with Crippen molar-refractivity contribution in [3.63, 3.8) is 0 Å². The summed E-state index contributed by atoms with van der Waals surface area (Å²) in [4.78, 5) is 35.5. The second-order valence-electron chi connectivity index (χ2n) is 13.5. The molecule has 0 aliphatic rings. The van der Waals surface area contributed by atoms with Crippen LogP contribution in [0.5, 0.6) is 0 Å². The van der Waals surface area contributed by atoms with Gasteiger partial charge in [0.25, 0.3) is 11.8 Å². The maximum Gasteiger partial charge on any atom is 0.257 e. The minimum Gasteiger partial charge on any atom is -0.313 e. The van der Waals surface area contributed by atoms with E-state index in [0.717, 1.165) is 50.5 Å². The molecule has 0 radical (unpaired) electrons. The van der Waals surface area contributed by atoms with Gasteiger partial charge in [-0.05, 0) is 77.7 Å². The van der Waals surface area contributed by atoms with Crippen molar-refractivity contribution in [3.8, 4) is 33.8 Å². The van der Waals surface area contributed by atoms with Crippen LogP contribution in [0.3, 0.4) is 0 Å². The van der Waals surface area contributed by atoms with Gasteiger partial charge in [-0.3, -0.25) is 29.6 Å². The molecule has 2 amide bonds. The molecule has 0 spiro atoms. The van der Waals surface area contributed by atoms with Crippen molar-refractivity contribution in [2.24, 2.45) is 14.1 Å². The summed E-state index contributed by atoms with van der Waals surface area (Å²) in [6.45, 7) is 3.02. The zero-order valence-corrected chi connectivity index (χ0v) is 31.6. The maximum absolute atomic E-state index is 13.3. The fourth-order valence-electron chi connectivity index (χ4n) is 6.66. The Bertz CT molecular complexity index is 2690. The molecule has 4 aromatic heterocycles. The average Bonchev–Trinajstić information content (AvgIpc) is 4.03. The summed E-state index contributed by atoms with van der Waals surface area (Å²) in [7, 11) is 3.73. The summed E-state index contributed by atoms with van der Waals surface area (Å²) in [6.07, 6.45) is 8.98. The van der Waals surface area contributed by atoms with E-state index in [9.17, 15) is 9.59 Å². The van der Waals surface area contributed by atoms with Gasteiger partial charge in [0.2, 0.25) is 11.9 Å². The molecule has 13 heteroatoms. The third kappa shape index (κ3) is 7.50. The van der Waals surface area contributed by atoms with Crippen LogP contribution in [0, 0.1) is 6.92 Å². The van der Waals surface area contributed by atoms with Crippen molar-refractivity contribution in [2.75, 3.05) is 10.6 Å². The highest BCUT2D eigenvalue weighted by molar-refractivity contribution is 6.33. The van der Waals surface area contributed by atoms with E-state index in [-0.39, 0.29) is 11.8 Å². The van der Waals surface area contributed by atoms with Crippen LogP contribution in [0.15, 0.2) is 134 Å². The largest absolute Gasteiger partial charge is 0.313 e. The third-order valence-corrected chi connectivity index (χ3v) is 9.94. The summed E-state index contributed by atoms with van der Waals surface area (Å²) >= 11 is 6.91. The Balaban J connectivity index is 0.937. The van der Waals surface area contributed by atoms with E-state index >= 15 is 0 Å². The molecule has 4 heterocycles. The van der Waals surface area contributed by atoms with Gasteiger partial charge in [-0.2, -0.15) is 10.2 Å². The topological polar surface area (TPSA) is 129 Å². The standard InChI is InChI=1S/C43H37ClN10O2/c1-28-20-35(36(44)23-34(28)39-25-46-43(52(39)3)49-41(56)32-14-7-10-29(21-32)26-53-18-9-17-47-53)37-16-19-54(50-37)27-30-11-8-15-33(22-30)40(55)48-42-45-24-38(51(42)2)31-12-5-4-6-13-31/h4-25H,26-27H2,1-3H3,(H,45,48,55)(H,46,49,56). The molecular weight excluding hydrogens is 724 g/mol. The van der Waals surface area contributed by atoms with Crippen molar-refractivity contribution in [1.82, 2.24) is 38.7 Å². The molecule has 0 unspecified atom stereocenters. The fourth-order valence-corrected chi connectivity index (χ4v) is 6.92. The molecule has 0 aliphatic carbocycles. The van der Waals surface area contributed by atoms with Gasteiger partial charge in [-0.25, -0.2) is 9.97 Å². The Kier molecular flexibility index (Phi) is 9.86. The number of aromatic nitrogens is 8. The molecule has 0 saturated carbocycles. The summed E-state index contributed by atoms with van der Waals surface area (Å²) < 4.78 is 7.33. The van der Waals surface area contributed by atoms with Crippen LogP contribution < -0.4 is 10.6 Å². The molecular formula is C43H37ClN10O2. The van der Waals surface area contributed by atoms with E-state index in [1.807, 2.05) is 143 Å². The Morgan fingerprint density at radius 1 is 0.661 bits per heavy atom. The lowest BCUT2D eigenvalue weighted by Gasteiger charge is -2.12. The van der Waals surface area contributed by atoms with Crippen LogP contribution in [0.1, 0.15) is 37.4 Å². The van der Waals surface area contributed by atoms with Gasteiger partial charge < -0.3 is 9.13 Å². The number of halogens is 1.